The van der Waals surface area contributed by atoms with Crippen LogP contribution in [0.5, 0.6) is 0 Å². The van der Waals surface area contributed by atoms with Crippen molar-refractivity contribution in [3.05, 3.63) is 95.8 Å². The van der Waals surface area contributed by atoms with Crippen molar-refractivity contribution in [2.24, 2.45) is 0 Å². The van der Waals surface area contributed by atoms with E-state index in [9.17, 15) is 4.39 Å². The van der Waals surface area contributed by atoms with Crippen molar-refractivity contribution < 1.29 is 4.39 Å². The first-order valence-electron chi connectivity index (χ1n) is 10.0. The van der Waals surface area contributed by atoms with Crippen molar-refractivity contribution in [3.8, 4) is 0 Å². The Bertz CT molecular complexity index is 1430. The van der Waals surface area contributed by atoms with Gasteiger partial charge in [0.1, 0.15) is 10.8 Å². The third-order valence-corrected chi connectivity index (χ3v) is 6.28. The van der Waals surface area contributed by atoms with Crippen molar-refractivity contribution in [2.75, 3.05) is 5.32 Å². The van der Waals surface area contributed by atoms with Gasteiger partial charge in [0.05, 0.1) is 11.0 Å². The first-order valence-corrected chi connectivity index (χ1v) is 10.8. The molecule has 4 aromatic carbocycles. The van der Waals surface area contributed by atoms with Crippen LogP contribution in [-0.2, 0) is 0 Å². The summed E-state index contributed by atoms with van der Waals surface area (Å²) >= 11 is 1.57. The van der Waals surface area contributed by atoms with Crippen molar-refractivity contribution in [2.45, 2.75) is 23.8 Å². The number of fused-ring (bicyclic) bond motifs is 2. The maximum absolute atomic E-state index is 13.8. The van der Waals surface area contributed by atoms with Gasteiger partial charge in [-0.3, -0.25) is 0 Å². The molecule has 0 aliphatic carbocycles. The van der Waals surface area contributed by atoms with E-state index in [0.717, 1.165) is 31.7 Å². The number of benzene rings is 4. The van der Waals surface area contributed by atoms with Gasteiger partial charge >= 0.3 is 0 Å². The van der Waals surface area contributed by atoms with Crippen LogP contribution in [0.3, 0.4) is 0 Å². The molecular weight excluding hydrogens is 405 g/mol. The molecule has 0 atom stereocenters. The Balaban J connectivity index is 1.67. The van der Waals surface area contributed by atoms with Gasteiger partial charge in [-0.2, -0.15) is 0 Å². The lowest BCUT2D eigenvalue weighted by atomic mass is 10.1. The van der Waals surface area contributed by atoms with Gasteiger partial charge in [-0.1, -0.05) is 54.2 Å². The highest BCUT2D eigenvalue weighted by atomic mass is 32.2. The fraction of sp³-hybridized carbons (Fsp3) is 0.0769. The number of hydrogen-bond donors (Lipinski definition) is 1. The fourth-order valence-corrected chi connectivity index (χ4v) is 4.52. The molecule has 1 heterocycles. The molecule has 5 aromatic rings. The second kappa shape index (κ2) is 8.00. The minimum absolute atomic E-state index is 0.298. The summed E-state index contributed by atoms with van der Waals surface area (Å²) in [4.78, 5) is 11.0. The minimum atomic E-state index is -0.298. The average Bonchev–Trinajstić information content (AvgIpc) is 2.75. The molecule has 0 saturated heterocycles. The summed E-state index contributed by atoms with van der Waals surface area (Å²) in [7, 11) is 0. The molecule has 31 heavy (non-hydrogen) atoms. The Labute approximate surface area is 184 Å². The fourth-order valence-electron chi connectivity index (χ4n) is 3.50. The summed E-state index contributed by atoms with van der Waals surface area (Å²) in [5.41, 5.74) is 4.62. The summed E-state index contributed by atoms with van der Waals surface area (Å²) in [6, 6.07) is 25.0. The second-order valence-corrected chi connectivity index (χ2v) is 8.60. The Morgan fingerprint density at radius 1 is 0.774 bits per heavy atom. The van der Waals surface area contributed by atoms with Gasteiger partial charge in [0.25, 0.3) is 0 Å². The number of nitrogens with one attached hydrogen (secondary N) is 1. The number of aromatic nitrogens is 2. The van der Waals surface area contributed by atoms with Crippen LogP contribution in [-0.4, -0.2) is 9.97 Å². The SMILES string of the molecule is Cc1ccc(C)c(Sc2nc3cc4ccccc4cc3nc2Nc2cccc(F)c2)c1. The van der Waals surface area contributed by atoms with E-state index in [1.807, 2.05) is 24.3 Å². The topological polar surface area (TPSA) is 37.8 Å². The van der Waals surface area contributed by atoms with Gasteiger partial charge in [-0.15, -0.1) is 0 Å². The van der Waals surface area contributed by atoms with Gasteiger partial charge in [0.2, 0.25) is 0 Å². The van der Waals surface area contributed by atoms with E-state index < -0.39 is 0 Å². The zero-order valence-corrected chi connectivity index (χ0v) is 18.0. The molecule has 152 valence electrons. The Kier molecular flexibility index (Phi) is 5.04. The first kappa shape index (κ1) is 19.5. The normalized spacial score (nSPS) is 11.2. The summed E-state index contributed by atoms with van der Waals surface area (Å²) < 4.78 is 13.8. The molecule has 0 amide bonds. The van der Waals surface area contributed by atoms with Crippen LogP contribution in [0.25, 0.3) is 21.8 Å². The van der Waals surface area contributed by atoms with Gasteiger partial charge < -0.3 is 5.32 Å². The Morgan fingerprint density at radius 2 is 1.52 bits per heavy atom. The lowest BCUT2D eigenvalue weighted by molar-refractivity contribution is 0.628. The van der Waals surface area contributed by atoms with Crippen LogP contribution in [0.15, 0.2) is 88.8 Å². The highest BCUT2D eigenvalue weighted by Crippen LogP contribution is 2.36. The largest absolute Gasteiger partial charge is 0.338 e. The maximum atomic E-state index is 13.8. The molecule has 0 spiro atoms. The van der Waals surface area contributed by atoms with E-state index in [1.54, 1.807) is 17.8 Å². The molecular formula is C26H20FN3S. The number of aryl methyl sites for hydroxylation is 2. The Morgan fingerprint density at radius 3 is 2.26 bits per heavy atom. The molecule has 0 radical (unpaired) electrons. The van der Waals surface area contributed by atoms with Crippen molar-refractivity contribution in [3.63, 3.8) is 0 Å². The third kappa shape index (κ3) is 4.09. The zero-order valence-electron chi connectivity index (χ0n) is 17.2. The lowest BCUT2D eigenvalue weighted by Crippen LogP contribution is -2.00. The molecule has 0 bridgehead atoms. The zero-order chi connectivity index (χ0) is 21.4. The monoisotopic (exact) mass is 425 g/mol. The third-order valence-electron chi connectivity index (χ3n) is 5.14. The van der Waals surface area contributed by atoms with Crippen LogP contribution in [0.2, 0.25) is 0 Å². The van der Waals surface area contributed by atoms with Gasteiger partial charge in [0, 0.05) is 10.6 Å². The molecule has 1 aromatic heterocycles. The highest BCUT2D eigenvalue weighted by Gasteiger charge is 2.14. The van der Waals surface area contributed by atoms with E-state index in [1.165, 1.54) is 23.3 Å². The minimum Gasteiger partial charge on any atom is -0.338 e. The predicted octanol–water partition coefficient (Wildman–Crippen LogP) is 7.43. The summed E-state index contributed by atoms with van der Waals surface area (Å²) in [6.45, 7) is 4.16. The van der Waals surface area contributed by atoms with Crippen LogP contribution in [0.4, 0.5) is 15.9 Å². The van der Waals surface area contributed by atoms with Crippen LogP contribution >= 0.6 is 11.8 Å². The molecule has 0 fully saturated rings. The highest BCUT2D eigenvalue weighted by molar-refractivity contribution is 7.99. The Hall–Kier alpha value is -3.44. The number of hydrogen-bond acceptors (Lipinski definition) is 4. The first-order chi connectivity index (χ1) is 15.0. The van der Waals surface area contributed by atoms with E-state index in [2.05, 4.69) is 55.6 Å². The molecule has 0 unspecified atom stereocenters. The van der Waals surface area contributed by atoms with Crippen LogP contribution < -0.4 is 5.32 Å². The van der Waals surface area contributed by atoms with E-state index >= 15 is 0 Å². The van der Waals surface area contributed by atoms with Gasteiger partial charge in [-0.05, 0) is 72.1 Å². The van der Waals surface area contributed by atoms with Crippen molar-refractivity contribution in [1.82, 2.24) is 9.97 Å². The van der Waals surface area contributed by atoms with E-state index in [4.69, 9.17) is 9.97 Å². The van der Waals surface area contributed by atoms with Gasteiger partial charge in [0.15, 0.2) is 5.82 Å². The quantitative estimate of drug-likeness (QED) is 0.304. The average molecular weight is 426 g/mol. The maximum Gasteiger partial charge on any atom is 0.164 e. The molecule has 5 rings (SSSR count). The molecule has 3 nitrogen and oxygen atoms in total. The van der Waals surface area contributed by atoms with Crippen molar-refractivity contribution in [1.29, 1.82) is 0 Å². The lowest BCUT2D eigenvalue weighted by Gasteiger charge is -2.13. The summed E-state index contributed by atoms with van der Waals surface area (Å²) in [6.07, 6.45) is 0. The van der Waals surface area contributed by atoms with Gasteiger partial charge in [-0.25, -0.2) is 14.4 Å². The number of rotatable bonds is 4. The molecule has 0 aliphatic rings. The smallest absolute Gasteiger partial charge is 0.164 e. The van der Waals surface area contributed by atoms with E-state index in [-0.39, 0.29) is 5.82 Å². The molecule has 0 saturated carbocycles. The standard InChI is InChI=1S/C26H20FN3S/c1-16-10-11-17(2)24(12-16)31-26-25(28-21-9-5-8-20(27)15-21)29-22-13-18-6-3-4-7-19(18)14-23(22)30-26/h3-15H,1-2H3,(H,28,29). The van der Waals surface area contributed by atoms with Crippen LogP contribution in [0, 0.1) is 19.7 Å². The van der Waals surface area contributed by atoms with E-state index in [0.29, 0.717) is 11.5 Å². The molecule has 5 heteroatoms. The summed E-state index contributed by atoms with van der Waals surface area (Å²) in [5.74, 6) is 0.313. The summed E-state index contributed by atoms with van der Waals surface area (Å²) in [5, 5.41) is 6.25. The van der Waals surface area contributed by atoms with Crippen LogP contribution in [0.1, 0.15) is 11.1 Å². The number of halogens is 1. The predicted molar refractivity (Wildman–Crippen MR) is 127 cm³/mol. The second-order valence-electron chi connectivity index (χ2n) is 7.57. The number of nitrogens with zero attached hydrogens (tertiary/aromatic N) is 2. The molecule has 0 aliphatic heterocycles. The number of anilines is 2. The van der Waals surface area contributed by atoms with Crippen molar-refractivity contribution >= 4 is 45.1 Å². The molecule has 1 N–H and O–H groups in total.